The summed E-state index contributed by atoms with van der Waals surface area (Å²) in [6.45, 7) is 11.1. The van der Waals surface area contributed by atoms with Crippen molar-refractivity contribution >= 4 is 7.82 Å². The normalized spacial score (nSPS) is 38.4. The van der Waals surface area contributed by atoms with E-state index in [4.69, 9.17) is 28.0 Å². The maximum atomic E-state index is 12.5. The van der Waals surface area contributed by atoms with E-state index in [1.54, 1.807) is 6.92 Å². The molecule has 0 aromatic carbocycles. The van der Waals surface area contributed by atoms with Gasteiger partial charge in [-0.2, -0.15) is 0 Å². The Balaban J connectivity index is 1.90. The fraction of sp³-hybridized carbons (Fsp3) is 1.00. The SMILES string of the molecule is CC(C)OC[C@H]1O[C@@H](C)C[C@H]1OP(=O)(O)OC[C@H]1O[C@@H](C)C(O)[C@H]1OC(C)C. The molecule has 0 aromatic rings. The predicted octanol–water partition coefficient (Wildman–Crippen LogP) is 2.03. The first kappa shape index (κ1) is 24.2. The topological polar surface area (TPSA) is 113 Å². The quantitative estimate of drug-likeness (QED) is 0.507. The van der Waals surface area contributed by atoms with E-state index >= 15 is 0 Å². The van der Waals surface area contributed by atoms with Crippen LogP contribution >= 0.6 is 7.82 Å². The smallest absolute Gasteiger partial charge is 0.388 e. The molecule has 166 valence electrons. The van der Waals surface area contributed by atoms with E-state index in [-0.39, 0.29) is 31.5 Å². The highest BCUT2D eigenvalue weighted by Crippen LogP contribution is 2.48. The Labute approximate surface area is 167 Å². The van der Waals surface area contributed by atoms with Gasteiger partial charge in [-0.25, -0.2) is 4.57 Å². The van der Waals surface area contributed by atoms with Crippen LogP contribution in [0, 0.1) is 0 Å². The van der Waals surface area contributed by atoms with E-state index in [0.29, 0.717) is 6.42 Å². The molecule has 2 aliphatic rings. The number of aliphatic hydroxyl groups excluding tert-OH is 1. The summed E-state index contributed by atoms with van der Waals surface area (Å²) >= 11 is 0. The molecule has 0 spiro atoms. The molecule has 0 amide bonds. The predicted molar refractivity (Wildman–Crippen MR) is 101 cm³/mol. The van der Waals surface area contributed by atoms with Gasteiger partial charge >= 0.3 is 7.82 Å². The molecule has 28 heavy (non-hydrogen) atoms. The van der Waals surface area contributed by atoms with Gasteiger partial charge in [-0.3, -0.25) is 9.05 Å². The van der Waals surface area contributed by atoms with Crippen molar-refractivity contribution in [1.82, 2.24) is 0 Å². The number of rotatable bonds is 10. The van der Waals surface area contributed by atoms with E-state index in [1.807, 2.05) is 34.6 Å². The molecule has 0 bridgehead atoms. The second-order valence-corrected chi connectivity index (χ2v) is 9.44. The van der Waals surface area contributed by atoms with Crippen LogP contribution in [0.25, 0.3) is 0 Å². The monoisotopic (exact) mass is 426 g/mol. The molecule has 0 aliphatic carbocycles. The Kier molecular flexibility index (Phi) is 8.88. The lowest BCUT2D eigenvalue weighted by molar-refractivity contribution is -0.0804. The van der Waals surface area contributed by atoms with E-state index in [9.17, 15) is 14.6 Å². The lowest BCUT2D eigenvalue weighted by Crippen LogP contribution is -2.38. The maximum absolute atomic E-state index is 12.5. The largest absolute Gasteiger partial charge is 0.472 e. The molecular formula is C18H35O9P. The molecule has 2 heterocycles. The second-order valence-electron chi connectivity index (χ2n) is 8.03. The average Bonchev–Trinajstić information content (AvgIpc) is 3.04. The van der Waals surface area contributed by atoms with Crippen LogP contribution in [0.1, 0.15) is 48.0 Å². The number of hydrogen-bond donors (Lipinski definition) is 2. The molecule has 10 heteroatoms. The van der Waals surface area contributed by atoms with Gasteiger partial charge in [0.1, 0.15) is 30.5 Å². The van der Waals surface area contributed by atoms with Crippen molar-refractivity contribution in [3.8, 4) is 0 Å². The molecule has 2 N–H and O–H groups in total. The van der Waals surface area contributed by atoms with Crippen molar-refractivity contribution in [2.24, 2.45) is 0 Å². The Morgan fingerprint density at radius 2 is 1.75 bits per heavy atom. The van der Waals surface area contributed by atoms with E-state index in [1.165, 1.54) is 0 Å². The first-order valence-electron chi connectivity index (χ1n) is 9.90. The zero-order valence-electron chi connectivity index (χ0n) is 17.5. The average molecular weight is 426 g/mol. The van der Waals surface area contributed by atoms with Crippen LogP contribution in [0.15, 0.2) is 0 Å². The first-order valence-corrected chi connectivity index (χ1v) is 11.4. The van der Waals surface area contributed by atoms with Gasteiger partial charge in [0.2, 0.25) is 0 Å². The molecule has 8 atom stereocenters. The number of hydrogen-bond acceptors (Lipinski definition) is 8. The molecule has 0 aromatic heterocycles. The Morgan fingerprint density at radius 1 is 1.07 bits per heavy atom. The van der Waals surface area contributed by atoms with Crippen LogP contribution < -0.4 is 0 Å². The standard InChI is InChI=1S/C18H35O9P/c1-10(2)22-8-15-14(7-12(5)25-15)27-28(20,21)23-9-16-18(24-11(3)4)17(19)13(6)26-16/h10-19H,7-9H2,1-6H3,(H,20,21)/t12-,13-,14+,15+,16+,17?,18-/m0/s1. The summed E-state index contributed by atoms with van der Waals surface area (Å²) in [5.74, 6) is 0. The Bertz CT molecular complexity index is 529. The summed E-state index contributed by atoms with van der Waals surface area (Å²) in [7, 11) is -4.36. The Morgan fingerprint density at radius 3 is 2.36 bits per heavy atom. The summed E-state index contributed by atoms with van der Waals surface area (Å²) in [6.07, 6.45) is -3.42. The fourth-order valence-electron chi connectivity index (χ4n) is 3.37. The summed E-state index contributed by atoms with van der Waals surface area (Å²) in [5.41, 5.74) is 0. The summed E-state index contributed by atoms with van der Waals surface area (Å²) in [4.78, 5) is 10.2. The number of phosphoric acid groups is 1. The molecule has 2 aliphatic heterocycles. The molecule has 2 unspecified atom stereocenters. The maximum Gasteiger partial charge on any atom is 0.472 e. The van der Waals surface area contributed by atoms with Gasteiger partial charge in [-0.05, 0) is 41.5 Å². The zero-order valence-corrected chi connectivity index (χ0v) is 18.4. The third kappa shape index (κ3) is 7.00. The van der Waals surface area contributed by atoms with Crippen molar-refractivity contribution in [3.63, 3.8) is 0 Å². The van der Waals surface area contributed by atoms with Gasteiger partial charge in [0.15, 0.2) is 0 Å². The van der Waals surface area contributed by atoms with Crippen LogP contribution in [-0.4, -0.2) is 78.1 Å². The van der Waals surface area contributed by atoms with Crippen LogP contribution in [0.5, 0.6) is 0 Å². The highest BCUT2D eigenvalue weighted by Gasteiger charge is 2.45. The van der Waals surface area contributed by atoms with E-state index in [2.05, 4.69) is 0 Å². The van der Waals surface area contributed by atoms with Crippen molar-refractivity contribution in [1.29, 1.82) is 0 Å². The van der Waals surface area contributed by atoms with Gasteiger partial charge < -0.3 is 28.9 Å². The summed E-state index contributed by atoms with van der Waals surface area (Å²) in [5, 5.41) is 10.2. The lowest BCUT2D eigenvalue weighted by atomic mass is 10.1. The third-order valence-corrected chi connectivity index (χ3v) is 5.67. The van der Waals surface area contributed by atoms with Crippen LogP contribution in [0.2, 0.25) is 0 Å². The van der Waals surface area contributed by atoms with Gasteiger partial charge in [0.05, 0.1) is 37.6 Å². The third-order valence-electron chi connectivity index (χ3n) is 4.65. The van der Waals surface area contributed by atoms with Crippen molar-refractivity contribution in [2.75, 3.05) is 13.2 Å². The molecule has 0 saturated carbocycles. The minimum Gasteiger partial charge on any atom is -0.388 e. The van der Waals surface area contributed by atoms with Gasteiger partial charge in [-0.1, -0.05) is 0 Å². The van der Waals surface area contributed by atoms with Crippen molar-refractivity contribution in [2.45, 2.75) is 103 Å². The summed E-state index contributed by atoms with van der Waals surface area (Å²) in [6, 6.07) is 0. The van der Waals surface area contributed by atoms with Gasteiger partial charge in [0, 0.05) is 6.42 Å². The van der Waals surface area contributed by atoms with E-state index in [0.717, 1.165) is 0 Å². The second kappa shape index (κ2) is 10.3. The van der Waals surface area contributed by atoms with Crippen LogP contribution in [0.4, 0.5) is 0 Å². The van der Waals surface area contributed by atoms with E-state index < -0.39 is 44.4 Å². The molecule has 9 nitrogen and oxygen atoms in total. The fourth-order valence-corrected chi connectivity index (χ4v) is 4.33. The molecule has 2 rings (SSSR count). The molecule has 0 radical (unpaired) electrons. The van der Waals surface area contributed by atoms with Gasteiger partial charge in [0.25, 0.3) is 0 Å². The highest BCUT2D eigenvalue weighted by molar-refractivity contribution is 7.47. The number of ether oxygens (including phenoxy) is 4. The minimum atomic E-state index is -4.36. The molecule has 2 saturated heterocycles. The zero-order chi connectivity index (χ0) is 21.1. The Hall–Kier alpha value is -0.0900. The van der Waals surface area contributed by atoms with Crippen LogP contribution in [0.3, 0.4) is 0 Å². The highest BCUT2D eigenvalue weighted by atomic mass is 31.2. The number of phosphoric ester groups is 1. The summed E-state index contributed by atoms with van der Waals surface area (Å²) < 4.78 is 45.6. The number of aliphatic hydroxyl groups is 1. The molecule has 2 fully saturated rings. The van der Waals surface area contributed by atoms with Crippen LogP contribution in [-0.2, 0) is 32.6 Å². The van der Waals surface area contributed by atoms with Gasteiger partial charge in [-0.15, -0.1) is 0 Å². The minimum absolute atomic E-state index is 0.0168. The lowest BCUT2D eigenvalue weighted by Gasteiger charge is -2.25. The first-order chi connectivity index (χ1) is 13.0. The van der Waals surface area contributed by atoms with Crippen molar-refractivity contribution in [3.05, 3.63) is 0 Å². The van der Waals surface area contributed by atoms with Crippen molar-refractivity contribution < 1.29 is 42.6 Å². The molecular weight excluding hydrogens is 391 g/mol.